The number of hydrogen-bond donors (Lipinski definition) is 4. The molecule has 0 aliphatic rings. The maximum absolute atomic E-state index is 10.3. The van der Waals surface area contributed by atoms with Crippen LogP contribution >= 0.6 is 11.3 Å². The Bertz CT molecular complexity index is 1650. The van der Waals surface area contributed by atoms with E-state index in [0.29, 0.717) is 29.4 Å². The summed E-state index contributed by atoms with van der Waals surface area (Å²) in [6.07, 6.45) is 5.24. The molecule has 0 amide bonds. The number of thiophene rings is 1. The van der Waals surface area contributed by atoms with Gasteiger partial charge in [-0.1, -0.05) is 19.9 Å². The predicted octanol–water partition coefficient (Wildman–Crippen LogP) is 5.46. The van der Waals surface area contributed by atoms with Crippen molar-refractivity contribution >= 4 is 39.1 Å². The Kier molecular flexibility index (Phi) is 5.67. The molecule has 0 saturated heterocycles. The SMILES string of the molecule is CC(C)CC(O)Nc1cncc(-c2ccc3[nH]nc(-c4nc5c(-c6cccs6)nccc5[nH]4)c3n2)c1. The standard InChI is InChI=1S/C26H24N8OS/c1-14(2)10-21(35)29-16-11-15(12-27-13-16)17-5-6-19-23(30-17)25(34-33-19)26-31-18-7-8-28-24(22(18)32-26)20-4-3-9-36-20/h3-9,11-14,21,29,35H,10H2,1-2H3,(H,31,32)(H,33,34). The van der Waals surface area contributed by atoms with Gasteiger partial charge in [-0.25, -0.2) is 9.97 Å². The molecule has 6 rings (SSSR count). The monoisotopic (exact) mass is 496 g/mol. The van der Waals surface area contributed by atoms with Crippen molar-refractivity contribution in [1.29, 1.82) is 0 Å². The Morgan fingerprint density at radius 3 is 2.75 bits per heavy atom. The molecule has 6 aromatic rings. The highest BCUT2D eigenvalue weighted by molar-refractivity contribution is 7.13. The molecule has 0 radical (unpaired) electrons. The minimum Gasteiger partial charge on any atom is -0.374 e. The first-order valence-electron chi connectivity index (χ1n) is 11.7. The van der Waals surface area contributed by atoms with Gasteiger partial charge in [0.05, 0.1) is 33.5 Å². The summed E-state index contributed by atoms with van der Waals surface area (Å²) in [4.78, 5) is 23.1. The number of fused-ring (bicyclic) bond motifs is 2. The van der Waals surface area contributed by atoms with Crippen LogP contribution in [-0.4, -0.2) is 46.5 Å². The zero-order valence-electron chi connectivity index (χ0n) is 19.7. The van der Waals surface area contributed by atoms with E-state index in [9.17, 15) is 5.11 Å². The van der Waals surface area contributed by atoms with E-state index in [1.54, 1.807) is 29.9 Å². The van der Waals surface area contributed by atoms with Crippen molar-refractivity contribution in [2.75, 3.05) is 5.32 Å². The molecule has 1 unspecified atom stereocenters. The largest absolute Gasteiger partial charge is 0.374 e. The quantitative estimate of drug-likeness (QED) is 0.216. The zero-order chi connectivity index (χ0) is 24.6. The van der Waals surface area contributed by atoms with Crippen molar-refractivity contribution in [1.82, 2.24) is 35.1 Å². The van der Waals surface area contributed by atoms with E-state index in [-0.39, 0.29) is 0 Å². The number of nitrogens with one attached hydrogen (secondary N) is 3. The molecule has 180 valence electrons. The average Bonchev–Trinajstić information content (AvgIpc) is 3.62. The fraction of sp³-hybridized carbons (Fsp3) is 0.192. The van der Waals surface area contributed by atoms with E-state index in [0.717, 1.165) is 44.1 Å². The van der Waals surface area contributed by atoms with Gasteiger partial charge in [-0.2, -0.15) is 5.10 Å². The second kappa shape index (κ2) is 9.14. The maximum atomic E-state index is 10.3. The van der Waals surface area contributed by atoms with Crippen LogP contribution < -0.4 is 5.32 Å². The molecule has 0 saturated carbocycles. The van der Waals surface area contributed by atoms with Crippen LogP contribution in [0.3, 0.4) is 0 Å². The third-order valence-electron chi connectivity index (χ3n) is 5.85. The number of aliphatic hydroxyl groups excluding tert-OH is 1. The topological polar surface area (TPSA) is 128 Å². The summed E-state index contributed by atoms with van der Waals surface area (Å²) < 4.78 is 0. The highest BCUT2D eigenvalue weighted by atomic mass is 32.1. The van der Waals surface area contributed by atoms with Gasteiger partial charge in [0.2, 0.25) is 0 Å². The molecule has 0 aliphatic heterocycles. The van der Waals surface area contributed by atoms with Gasteiger partial charge in [-0.3, -0.25) is 15.1 Å². The van der Waals surface area contributed by atoms with Gasteiger partial charge >= 0.3 is 0 Å². The molecule has 0 fully saturated rings. The number of hydrogen-bond acceptors (Lipinski definition) is 8. The molecular weight excluding hydrogens is 472 g/mol. The molecular formula is C26H24N8OS. The van der Waals surface area contributed by atoms with Crippen molar-refractivity contribution in [3.63, 3.8) is 0 Å². The van der Waals surface area contributed by atoms with Crippen molar-refractivity contribution in [2.45, 2.75) is 26.5 Å². The number of rotatable bonds is 7. The summed E-state index contributed by atoms with van der Waals surface area (Å²) in [5.74, 6) is 1.000. The number of nitrogens with zero attached hydrogens (tertiary/aromatic N) is 5. The van der Waals surface area contributed by atoms with Gasteiger partial charge < -0.3 is 15.4 Å². The molecule has 6 aromatic heterocycles. The van der Waals surface area contributed by atoms with Gasteiger partial charge in [0.25, 0.3) is 0 Å². The van der Waals surface area contributed by atoms with Crippen molar-refractivity contribution in [2.24, 2.45) is 5.92 Å². The normalized spacial score (nSPS) is 12.6. The van der Waals surface area contributed by atoms with E-state index < -0.39 is 6.23 Å². The second-order valence-electron chi connectivity index (χ2n) is 9.04. The van der Waals surface area contributed by atoms with Crippen LogP contribution in [0.25, 0.3) is 55.4 Å². The van der Waals surface area contributed by atoms with Crippen LogP contribution in [0.2, 0.25) is 0 Å². The minimum atomic E-state index is -0.639. The summed E-state index contributed by atoms with van der Waals surface area (Å²) in [5.41, 5.74) is 6.99. The number of imidazole rings is 1. The molecule has 10 heteroatoms. The van der Waals surface area contributed by atoms with Crippen molar-refractivity contribution in [3.05, 3.63) is 60.4 Å². The number of H-pyrrole nitrogens is 2. The summed E-state index contributed by atoms with van der Waals surface area (Å²) in [7, 11) is 0. The zero-order valence-corrected chi connectivity index (χ0v) is 20.5. The van der Waals surface area contributed by atoms with Gasteiger partial charge in [0.15, 0.2) is 11.5 Å². The van der Waals surface area contributed by atoms with Crippen LogP contribution in [-0.2, 0) is 0 Å². The first-order valence-corrected chi connectivity index (χ1v) is 12.6. The molecule has 36 heavy (non-hydrogen) atoms. The summed E-state index contributed by atoms with van der Waals surface area (Å²) in [5, 5.41) is 23.0. The van der Waals surface area contributed by atoms with Crippen LogP contribution in [0.15, 0.2) is 60.4 Å². The Morgan fingerprint density at radius 1 is 1.03 bits per heavy atom. The molecule has 9 nitrogen and oxygen atoms in total. The lowest BCUT2D eigenvalue weighted by Gasteiger charge is -2.16. The minimum absolute atomic E-state index is 0.377. The van der Waals surface area contributed by atoms with Crippen LogP contribution in [0.5, 0.6) is 0 Å². The first kappa shape index (κ1) is 22.3. The van der Waals surface area contributed by atoms with E-state index in [2.05, 4.69) is 44.3 Å². The smallest absolute Gasteiger partial charge is 0.161 e. The van der Waals surface area contributed by atoms with Crippen molar-refractivity contribution in [3.8, 4) is 33.3 Å². The Labute approximate surface area is 210 Å². The summed E-state index contributed by atoms with van der Waals surface area (Å²) in [6.45, 7) is 4.14. The summed E-state index contributed by atoms with van der Waals surface area (Å²) >= 11 is 1.63. The number of aromatic amines is 2. The Hall–Kier alpha value is -4.15. The number of aliphatic hydroxyl groups is 1. The van der Waals surface area contributed by atoms with E-state index in [4.69, 9.17) is 9.97 Å². The lowest BCUT2D eigenvalue weighted by atomic mass is 10.1. The third-order valence-corrected chi connectivity index (χ3v) is 6.73. The highest BCUT2D eigenvalue weighted by Crippen LogP contribution is 2.32. The van der Waals surface area contributed by atoms with Gasteiger partial charge in [0.1, 0.15) is 23.0 Å². The van der Waals surface area contributed by atoms with Gasteiger partial charge in [-0.05, 0) is 48.1 Å². The van der Waals surface area contributed by atoms with Crippen LogP contribution in [0.4, 0.5) is 5.69 Å². The highest BCUT2D eigenvalue weighted by Gasteiger charge is 2.18. The molecule has 0 spiro atoms. The fourth-order valence-corrected chi connectivity index (χ4v) is 4.94. The lowest BCUT2D eigenvalue weighted by molar-refractivity contribution is 0.176. The van der Waals surface area contributed by atoms with Gasteiger partial charge in [-0.15, -0.1) is 11.3 Å². The van der Waals surface area contributed by atoms with Crippen molar-refractivity contribution < 1.29 is 5.11 Å². The van der Waals surface area contributed by atoms with E-state index in [1.807, 2.05) is 41.8 Å². The second-order valence-corrected chi connectivity index (χ2v) is 9.98. The first-order chi connectivity index (χ1) is 17.5. The van der Waals surface area contributed by atoms with Crippen LogP contribution in [0.1, 0.15) is 20.3 Å². The molecule has 4 N–H and O–H groups in total. The van der Waals surface area contributed by atoms with Crippen LogP contribution in [0, 0.1) is 5.92 Å². The summed E-state index contributed by atoms with van der Waals surface area (Å²) in [6, 6.07) is 11.8. The molecule has 0 aliphatic carbocycles. The predicted molar refractivity (Wildman–Crippen MR) is 142 cm³/mol. The van der Waals surface area contributed by atoms with Gasteiger partial charge in [0, 0.05) is 18.0 Å². The molecule has 6 heterocycles. The molecule has 0 bridgehead atoms. The van der Waals surface area contributed by atoms with E-state index >= 15 is 0 Å². The average molecular weight is 497 g/mol. The Balaban J connectivity index is 1.37. The Morgan fingerprint density at radius 2 is 1.92 bits per heavy atom. The number of pyridine rings is 3. The lowest BCUT2D eigenvalue weighted by Crippen LogP contribution is -2.20. The molecule has 0 aromatic carbocycles. The third kappa shape index (κ3) is 4.21. The maximum Gasteiger partial charge on any atom is 0.161 e. The molecule has 1 atom stereocenters. The number of anilines is 1. The van der Waals surface area contributed by atoms with E-state index in [1.165, 1.54) is 0 Å². The fourth-order valence-electron chi connectivity index (χ4n) is 4.22. The number of aromatic nitrogens is 7.